The molecule has 0 aliphatic carbocycles. The minimum absolute atomic E-state index is 0.426. The Morgan fingerprint density at radius 1 is 1.04 bits per heavy atom. The van der Waals surface area contributed by atoms with Crippen LogP contribution in [0.2, 0.25) is 0 Å². The Hall–Kier alpha value is -3.40. The lowest BCUT2D eigenvalue weighted by molar-refractivity contribution is -0.136. The second kappa shape index (κ2) is 6.84. The molecule has 0 saturated carbocycles. The second-order valence-electron chi connectivity index (χ2n) is 6.11. The Morgan fingerprint density at radius 2 is 1.85 bits per heavy atom. The molecule has 1 heterocycles. The topological polar surface area (TPSA) is 47.9 Å². The van der Waals surface area contributed by atoms with E-state index in [1.54, 1.807) is 13.0 Å². The van der Waals surface area contributed by atoms with Crippen molar-refractivity contribution in [3.05, 3.63) is 83.4 Å². The molecule has 128 valence electrons. The zero-order valence-electron chi connectivity index (χ0n) is 14.3. The molecule has 4 nitrogen and oxygen atoms in total. The van der Waals surface area contributed by atoms with E-state index in [1.165, 1.54) is 10.8 Å². The molecule has 1 aliphatic rings. The number of hydrogen-bond acceptors (Lipinski definition) is 4. The first kappa shape index (κ1) is 16.1. The molecule has 0 saturated heterocycles. The van der Waals surface area contributed by atoms with E-state index >= 15 is 0 Å². The van der Waals surface area contributed by atoms with Crippen molar-refractivity contribution in [1.82, 2.24) is 0 Å². The van der Waals surface area contributed by atoms with E-state index in [0.717, 1.165) is 16.9 Å². The first-order chi connectivity index (χ1) is 12.7. The van der Waals surface area contributed by atoms with Gasteiger partial charge in [0.25, 0.3) is 0 Å². The van der Waals surface area contributed by atoms with Crippen LogP contribution in [0, 0.1) is 0 Å². The number of oxime groups is 1. The van der Waals surface area contributed by atoms with E-state index in [2.05, 4.69) is 34.3 Å². The summed E-state index contributed by atoms with van der Waals surface area (Å²) in [5, 5.41) is 6.07. The highest BCUT2D eigenvalue weighted by Gasteiger charge is 2.21. The summed E-state index contributed by atoms with van der Waals surface area (Å²) in [6.07, 6.45) is 1.76. The molecule has 0 unspecified atom stereocenters. The largest absolute Gasteiger partial charge is 0.489 e. The number of hydrogen-bond donors (Lipinski definition) is 0. The van der Waals surface area contributed by atoms with Gasteiger partial charge in [-0.15, -0.1) is 0 Å². The number of benzene rings is 3. The fourth-order valence-electron chi connectivity index (χ4n) is 2.96. The van der Waals surface area contributed by atoms with Crippen LogP contribution in [0.1, 0.15) is 18.1 Å². The van der Waals surface area contributed by atoms with Crippen molar-refractivity contribution in [1.29, 1.82) is 0 Å². The van der Waals surface area contributed by atoms with Gasteiger partial charge in [0.05, 0.1) is 11.3 Å². The zero-order chi connectivity index (χ0) is 17.9. The minimum Gasteiger partial charge on any atom is -0.489 e. The number of fused-ring (bicyclic) bond motifs is 1. The zero-order valence-corrected chi connectivity index (χ0v) is 14.3. The molecular formula is C22H17NO3. The maximum atomic E-state index is 11.7. The van der Waals surface area contributed by atoms with Gasteiger partial charge in [-0.05, 0) is 47.0 Å². The quantitative estimate of drug-likeness (QED) is 0.508. The van der Waals surface area contributed by atoms with Gasteiger partial charge in [0.2, 0.25) is 0 Å². The van der Waals surface area contributed by atoms with Crippen LogP contribution in [-0.4, -0.2) is 11.7 Å². The Morgan fingerprint density at radius 3 is 2.69 bits per heavy atom. The van der Waals surface area contributed by atoms with Crippen molar-refractivity contribution < 1.29 is 14.4 Å². The third-order valence-electron chi connectivity index (χ3n) is 4.32. The highest BCUT2D eigenvalue weighted by Crippen LogP contribution is 2.23. The van der Waals surface area contributed by atoms with Crippen LogP contribution < -0.4 is 4.74 Å². The molecule has 0 aromatic heterocycles. The van der Waals surface area contributed by atoms with Crippen molar-refractivity contribution in [3.8, 4) is 5.75 Å². The van der Waals surface area contributed by atoms with Crippen molar-refractivity contribution in [2.45, 2.75) is 13.5 Å². The average Bonchev–Trinajstić information content (AvgIpc) is 2.99. The fourth-order valence-corrected chi connectivity index (χ4v) is 2.96. The Labute approximate surface area is 151 Å². The summed E-state index contributed by atoms with van der Waals surface area (Å²) in [6.45, 7) is 2.22. The van der Waals surface area contributed by atoms with Gasteiger partial charge in [-0.2, -0.15) is 0 Å². The number of rotatable bonds is 4. The average molecular weight is 343 g/mol. The molecule has 0 spiro atoms. The fraction of sp³-hybridized carbons (Fsp3) is 0.0909. The van der Waals surface area contributed by atoms with E-state index in [4.69, 9.17) is 4.74 Å². The molecule has 0 N–H and O–H groups in total. The third kappa shape index (κ3) is 3.22. The molecule has 3 aromatic rings. The molecule has 4 rings (SSSR count). The summed E-state index contributed by atoms with van der Waals surface area (Å²) in [6, 6.07) is 22.1. The lowest BCUT2D eigenvalue weighted by atomic mass is 10.1. The van der Waals surface area contributed by atoms with Crippen molar-refractivity contribution in [2.24, 2.45) is 5.16 Å². The van der Waals surface area contributed by atoms with Crippen LogP contribution in [0.4, 0.5) is 0 Å². The van der Waals surface area contributed by atoms with Gasteiger partial charge in [0.1, 0.15) is 12.4 Å². The number of carbonyl (C=O) groups excluding carboxylic acids is 1. The van der Waals surface area contributed by atoms with Crippen LogP contribution in [0.25, 0.3) is 16.8 Å². The lowest BCUT2D eigenvalue weighted by Gasteiger charge is -2.10. The Balaban J connectivity index is 1.55. The van der Waals surface area contributed by atoms with Crippen LogP contribution >= 0.6 is 0 Å². The summed E-state index contributed by atoms with van der Waals surface area (Å²) in [7, 11) is 0. The van der Waals surface area contributed by atoms with Crippen LogP contribution in [0.3, 0.4) is 0 Å². The maximum absolute atomic E-state index is 11.7. The van der Waals surface area contributed by atoms with Crippen LogP contribution in [0.15, 0.2) is 77.5 Å². The molecule has 0 fully saturated rings. The summed E-state index contributed by atoms with van der Waals surface area (Å²) in [4.78, 5) is 16.3. The van der Waals surface area contributed by atoms with Gasteiger partial charge in [0, 0.05) is 0 Å². The molecule has 0 atom stereocenters. The molecule has 0 amide bonds. The maximum Gasteiger partial charge on any atom is 0.367 e. The number of ether oxygens (including phenoxy) is 1. The summed E-state index contributed by atoms with van der Waals surface area (Å²) in [5.41, 5.74) is 3.05. The molecular weight excluding hydrogens is 326 g/mol. The lowest BCUT2D eigenvalue weighted by Crippen LogP contribution is -2.01. The summed E-state index contributed by atoms with van der Waals surface area (Å²) >= 11 is 0. The highest BCUT2D eigenvalue weighted by atomic mass is 16.7. The predicted molar refractivity (Wildman–Crippen MR) is 102 cm³/mol. The normalized spacial score (nSPS) is 15.2. The van der Waals surface area contributed by atoms with Crippen molar-refractivity contribution >= 4 is 28.5 Å². The van der Waals surface area contributed by atoms with Gasteiger partial charge in [-0.25, -0.2) is 4.79 Å². The molecule has 26 heavy (non-hydrogen) atoms. The Bertz CT molecular complexity index is 1040. The van der Waals surface area contributed by atoms with Crippen LogP contribution in [0.5, 0.6) is 5.75 Å². The SMILES string of the molecule is CC1=NOC(=O)/C1=C/c1cccc(OCc2cccc3ccccc23)c1. The monoisotopic (exact) mass is 343 g/mol. The predicted octanol–water partition coefficient (Wildman–Crippen LogP) is 4.73. The first-order valence-corrected chi connectivity index (χ1v) is 8.38. The molecule has 1 aliphatic heterocycles. The molecule has 0 bridgehead atoms. The van der Waals surface area contributed by atoms with E-state index in [1.807, 2.05) is 42.5 Å². The van der Waals surface area contributed by atoms with Crippen LogP contribution in [-0.2, 0) is 16.2 Å². The van der Waals surface area contributed by atoms with Crippen molar-refractivity contribution in [3.63, 3.8) is 0 Å². The standard InChI is InChI=1S/C22H17NO3/c1-15-21(22(24)26-23-15)13-16-6-4-10-19(12-16)25-14-18-9-5-8-17-7-2-3-11-20(17)18/h2-13H,14H2,1H3/b21-13+. The molecule has 4 heteroatoms. The number of nitrogens with zero attached hydrogens (tertiary/aromatic N) is 1. The van der Waals surface area contributed by atoms with E-state index in [0.29, 0.717) is 17.9 Å². The summed E-state index contributed by atoms with van der Waals surface area (Å²) < 4.78 is 5.98. The minimum atomic E-state index is -0.426. The highest BCUT2D eigenvalue weighted by molar-refractivity contribution is 6.24. The van der Waals surface area contributed by atoms with E-state index in [-0.39, 0.29) is 0 Å². The van der Waals surface area contributed by atoms with Gasteiger partial charge in [-0.1, -0.05) is 59.8 Å². The first-order valence-electron chi connectivity index (χ1n) is 8.38. The van der Waals surface area contributed by atoms with Gasteiger partial charge in [0.15, 0.2) is 0 Å². The number of carbonyl (C=O) groups is 1. The smallest absolute Gasteiger partial charge is 0.367 e. The van der Waals surface area contributed by atoms with Crippen molar-refractivity contribution in [2.75, 3.05) is 0 Å². The summed E-state index contributed by atoms with van der Waals surface area (Å²) in [5.74, 6) is 0.317. The second-order valence-corrected chi connectivity index (χ2v) is 6.11. The van der Waals surface area contributed by atoms with E-state index < -0.39 is 5.97 Å². The third-order valence-corrected chi connectivity index (χ3v) is 4.32. The van der Waals surface area contributed by atoms with E-state index in [9.17, 15) is 4.79 Å². The van der Waals surface area contributed by atoms with Gasteiger partial charge in [-0.3, -0.25) is 0 Å². The molecule has 0 radical (unpaired) electrons. The molecule has 3 aromatic carbocycles. The Kier molecular flexibility index (Phi) is 4.23. The van der Waals surface area contributed by atoms with Gasteiger partial charge < -0.3 is 9.57 Å². The van der Waals surface area contributed by atoms with Gasteiger partial charge >= 0.3 is 5.97 Å².